The van der Waals surface area contributed by atoms with Crippen LogP contribution in [0.5, 0.6) is 0 Å². The molecule has 4 heteroatoms. The molecule has 0 amide bonds. The molecular formula is C21H24N4. The molecule has 3 rings (SSSR count). The van der Waals surface area contributed by atoms with E-state index in [0.717, 1.165) is 34.0 Å². The minimum atomic E-state index is 0.618. The Morgan fingerprint density at radius 3 is 2.12 bits per heavy atom. The van der Waals surface area contributed by atoms with Crippen molar-refractivity contribution in [3.63, 3.8) is 0 Å². The quantitative estimate of drug-likeness (QED) is 0.711. The number of anilines is 4. The molecule has 0 spiro atoms. The largest absolute Gasteiger partial charge is 0.329 e. The van der Waals surface area contributed by atoms with Crippen molar-refractivity contribution in [3.8, 4) is 0 Å². The number of aryl methyl sites for hydroxylation is 3. The first-order valence-corrected chi connectivity index (χ1v) is 8.44. The predicted octanol–water partition coefficient (Wildman–Crippen LogP) is 5.22. The maximum atomic E-state index is 4.79. The third-order valence-electron chi connectivity index (χ3n) is 4.55. The number of rotatable bonds is 4. The summed E-state index contributed by atoms with van der Waals surface area (Å²) in [6, 6.07) is 16.5. The molecule has 1 N–H and O–H groups in total. The summed E-state index contributed by atoms with van der Waals surface area (Å²) in [5.41, 5.74) is 6.61. The Kier molecular flexibility index (Phi) is 4.70. The lowest BCUT2D eigenvalue weighted by molar-refractivity contribution is 1.02. The van der Waals surface area contributed by atoms with Gasteiger partial charge in [-0.05, 0) is 51.0 Å². The van der Waals surface area contributed by atoms with E-state index in [1.165, 1.54) is 5.56 Å². The normalized spacial score (nSPS) is 10.6. The Labute approximate surface area is 149 Å². The number of nitrogens with zero attached hydrogens (tertiary/aromatic N) is 3. The van der Waals surface area contributed by atoms with Gasteiger partial charge in [0, 0.05) is 29.7 Å². The molecule has 1 aromatic heterocycles. The van der Waals surface area contributed by atoms with Crippen LogP contribution in [0.4, 0.5) is 23.1 Å². The van der Waals surface area contributed by atoms with Crippen LogP contribution in [0, 0.1) is 27.7 Å². The van der Waals surface area contributed by atoms with Crippen LogP contribution in [0.25, 0.3) is 0 Å². The molecular weight excluding hydrogens is 308 g/mol. The van der Waals surface area contributed by atoms with E-state index in [9.17, 15) is 0 Å². The Balaban J connectivity index is 2.02. The Bertz CT molecular complexity index is 902. The van der Waals surface area contributed by atoms with Crippen LogP contribution in [0.15, 0.2) is 48.5 Å². The summed E-state index contributed by atoms with van der Waals surface area (Å²) < 4.78 is 0. The fourth-order valence-electron chi connectivity index (χ4n) is 2.88. The zero-order chi connectivity index (χ0) is 18.0. The lowest BCUT2D eigenvalue weighted by Crippen LogP contribution is -2.16. The molecule has 128 valence electrons. The summed E-state index contributed by atoms with van der Waals surface area (Å²) in [6.07, 6.45) is 0. The number of para-hydroxylation sites is 2. The highest BCUT2D eigenvalue weighted by Gasteiger charge is 2.15. The minimum Gasteiger partial charge on any atom is -0.329 e. The van der Waals surface area contributed by atoms with Crippen molar-refractivity contribution in [2.24, 2.45) is 0 Å². The van der Waals surface area contributed by atoms with E-state index >= 15 is 0 Å². The van der Waals surface area contributed by atoms with Gasteiger partial charge in [0.1, 0.15) is 5.82 Å². The standard InChI is InChI=1S/C21H24N4/c1-14-10-6-8-12-18(14)23-21-22-17(4)16(3)20(24-21)25(5)19-13-9-7-11-15(19)2/h6-13H,1-5H3,(H,22,23,24). The molecule has 0 aliphatic rings. The monoisotopic (exact) mass is 332 g/mol. The van der Waals surface area contributed by atoms with Crippen LogP contribution in [-0.2, 0) is 0 Å². The van der Waals surface area contributed by atoms with Crippen molar-refractivity contribution in [1.29, 1.82) is 0 Å². The predicted molar refractivity (Wildman–Crippen MR) is 105 cm³/mol. The minimum absolute atomic E-state index is 0.618. The zero-order valence-corrected chi connectivity index (χ0v) is 15.5. The second-order valence-corrected chi connectivity index (χ2v) is 6.37. The van der Waals surface area contributed by atoms with E-state index in [-0.39, 0.29) is 0 Å². The molecule has 0 atom stereocenters. The SMILES string of the molecule is Cc1ccccc1Nc1nc(C)c(C)c(N(C)c2ccccc2C)n1. The number of aromatic nitrogens is 2. The van der Waals surface area contributed by atoms with E-state index in [2.05, 4.69) is 73.4 Å². The molecule has 3 aromatic rings. The van der Waals surface area contributed by atoms with Gasteiger partial charge in [0.15, 0.2) is 0 Å². The highest BCUT2D eigenvalue weighted by molar-refractivity contribution is 5.68. The van der Waals surface area contributed by atoms with Gasteiger partial charge in [-0.2, -0.15) is 4.98 Å². The van der Waals surface area contributed by atoms with E-state index < -0.39 is 0 Å². The molecule has 4 nitrogen and oxygen atoms in total. The van der Waals surface area contributed by atoms with Gasteiger partial charge in [-0.25, -0.2) is 4.98 Å². The van der Waals surface area contributed by atoms with Gasteiger partial charge in [-0.3, -0.25) is 0 Å². The number of hydrogen-bond donors (Lipinski definition) is 1. The summed E-state index contributed by atoms with van der Waals surface area (Å²) >= 11 is 0. The number of benzene rings is 2. The van der Waals surface area contributed by atoms with Gasteiger partial charge in [0.05, 0.1) is 0 Å². The van der Waals surface area contributed by atoms with Crippen LogP contribution in [0.1, 0.15) is 22.4 Å². The molecule has 0 unspecified atom stereocenters. The highest BCUT2D eigenvalue weighted by atomic mass is 15.2. The molecule has 0 fully saturated rings. The number of nitrogens with one attached hydrogen (secondary N) is 1. The second kappa shape index (κ2) is 6.93. The lowest BCUT2D eigenvalue weighted by Gasteiger charge is -2.23. The second-order valence-electron chi connectivity index (χ2n) is 6.37. The first kappa shape index (κ1) is 17.0. The van der Waals surface area contributed by atoms with Crippen molar-refractivity contribution in [2.45, 2.75) is 27.7 Å². The zero-order valence-electron chi connectivity index (χ0n) is 15.5. The summed E-state index contributed by atoms with van der Waals surface area (Å²) in [4.78, 5) is 11.5. The summed E-state index contributed by atoms with van der Waals surface area (Å²) in [5, 5.41) is 3.35. The third-order valence-corrected chi connectivity index (χ3v) is 4.55. The molecule has 0 radical (unpaired) electrons. The van der Waals surface area contributed by atoms with Crippen molar-refractivity contribution in [2.75, 3.05) is 17.3 Å². The van der Waals surface area contributed by atoms with Gasteiger partial charge < -0.3 is 10.2 Å². The Morgan fingerprint density at radius 2 is 1.44 bits per heavy atom. The van der Waals surface area contributed by atoms with Crippen LogP contribution in [0.3, 0.4) is 0 Å². The molecule has 0 bridgehead atoms. The fourth-order valence-corrected chi connectivity index (χ4v) is 2.88. The van der Waals surface area contributed by atoms with Crippen LogP contribution < -0.4 is 10.2 Å². The van der Waals surface area contributed by atoms with Crippen LogP contribution >= 0.6 is 0 Å². The van der Waals surface area contributed by atoms with Crippen molar-refractivity contribution in [3.05, 3.63) is 70.9 Å². The molecule has 0 saturated heterocycles. The van der Waals surface area contributed by atoms with E-state index in [1.807, 2.05) is 25.1 Å². The average Bonchev–Trinajstić information content (AvgIpc) is 2.60. The average molecular weight is 332 g/mol. The molecule has 0 aliphatic heterocycles. The summed E-state index contributed by atoms with van der Waals surface area (Å²) in [7, 11) is 2.05. The molecule has 0 saturated carbocycles. The fraction of sp³-hybridized carbons (Fsp3) is 0.238. The smallest absolute Gasteiger partial charge is 0.229 e. The molecule has 25 heavy (non-hydrogen) atoms. The highest BCUT2D eigenvalue weighted by Crippen LogP contribution is 2.30. The Hall–Kier alpha value is -2.88. The maximum Gasteiger partial charge on any atom is 0.229 e. The molecule has 1 heterocycles. The van der Waals surface area contributed by atoms with Crippen molar-refractivity contribution < 1.29 is 0 Å². The van der Waals surface area contributed by atoms with E-state index in [1.54, 1.807) is 0 Å². The first-order chi connectivity index (χ1) is 12.0. The maximum absolute atomic E-state index is 4.79. The van der Waals surface area contributed by atoms with Crippen molar-refractivity contribution in [1.82, 2.24) is 9.97 Å². The summed E-state index contributed by atoms with van der Waals surface area (Å²) in [6.45, 7) is 8.28. The number of hydrogen-bond acceptors (Lipinski definition) is 4. The third kappa shape index (κ3) is 3.48. The molecule has 2 aromatic carbocycles. The topological polar surface area (TPSA) is 41.1 Å². The first-order valence-electron chi connectivity index (χ1n) is 8.44. The lowest BCUT2D eigenvalue weighted by atomic mass is 10.1. The van der Waals surface area contributed by atoms with Gasteiger partial charge in [0.2, 0.25) is 5.95 Å². The van der Waals surface area contributed by atoms with Gasteiger partial charge in [-0.15, -0.1) is 0 Å². The van der Waals surface area contributed by atoms with Gasteiger partial charge >= 0.3 is 0 Å². The summed E-state index contributed by atoms with van der Waals surface area (Å²) in [5.74, 6) is 1.53. The van der Waals surface area contributed by atoms with Crippen LogP contribution in [0.2, 0.25) is 0 Å². The molecule has 0 aliphatic carbocycles. The van der Waals surface area contributed by atoms with Gasteiger partial charge in [-0.1, -0.05) is 36.4 Å². The van der Waals surface area contributed by atoms with E-state index in [4.69, 9.17) is 4.98 Å². The van der Waals surface area contributed by atoms with Gasteiger partial charge in [0.25, 0.3) is 0 Å². The Morgan fingerprint density at radius 1 is 0.800 bits per heavy atom. The van der Waals surface area contributed by atoms with E-state index in [0.29, 0.717) is 5.95 Å². The van der Waals surface area contributed by atoms with Crippen molar-refractivity contribution >= 4 is 23.1 Å². The van der Waals surface area contributed by atoms with Crippen LogP contribution in [-0.4, -0.2) is 17.0 Å².